The van der Waals surface area contributed by atoms with Gasteiger partial charge in [-0.25, -0.2) is 4.98 Å². The average molecular weight is 239 g/mol. The van der Waals surface area contributed by atoms with E-state index in [0.29, 0.717) is 5.76 Å². The van der Waals surface area contributed by atoms with Crippen molar-refractivity contribution in [2.45, 2.75) is 6.04 Å². The van der Waals surface area contributed by atoms with Crippen LogP contribution in [0.15, 0.2) is 65.5 Å². The Balaban J connectivity index is 2.02. The predicted molar refractivity (Wildman–Crippen MR) is 68.3 cm³/mol. The lowest BCUT2D eigenvalue weighted by atomic mass is 10.2. The van der Waals surface area contributed by atoms with Gasteiger partial charge in [0.05, 0.1) is 6.26 Å². The second-order valence-electron chi connectivity index (χ2n) is 3.98. The van der Waals surface area contributed by atoms with Crippen LogP contribution in [0.25, 0.3) is 5.69 Å². The predicted octanol–water partition coefficient (Wildman–Crippen LogP) is 2.51. The fourth-order valence-electron chi connectivity index (χ4n) is 1.95. The van der Waals surface area contributed by atoms with Gasteiger partial charge < -0.3 is 14.7 Å². The Labute approximate surface area is 105 Å². The van der Waals surface area contributed by atoms with Crippen LogP contribution in [-0.2, 0) is 0 Å². The van der Waals surface area contributed by atoms with Gasteiger partial charge in [-0.2, -0.15) is 0 Å². The van der Waals surface area contributed by atoms with Crippen molar-refractivity contribution < 1.29 is 4.42 Å². The van der Waals surface area contributed by atoms with Crippen molar-refractivity contribution in [2.24, 2.45) is 5.73 Å². The number of aromatic nitrogens is 2. The number of para-hydroxylation sites is 1. The Morgan fingerprint density at radius 1 is 1.11 bits per heavy atom. The quantitative estimate of drug-likeness (QED) is 0.764. The molecule has 1 atom stereocenters. The zero-order chi connectivity index (χ0) is 12.4. The molecule has 0 aliphatic heterocycles. The molecule has 0 saturated carbocycles. The number of rotatable bonds is 3. The van der Waals surface area contributed by atoms with Crippen molar-refractivity contribution in [3.05, 3.63) is 72.7 Å². The Bertz CT molecular complexity index is 614. The van der Waals surface area contributed by atoms with Crippen LogP contribution in [0.3, 0.4) is 0 Å². The monoisotopic (exact) mass is 239 g/mol. The molecule has 0 fully saturated rings. The number of imidazole rings is 1. The van der Waals surface area contributed by atoms with E-state index in [4.69, 9.17) is 10.2 Å². The summed E-state index contributed by atoms with van der Waals surface area (Å²) in [5.41, 5.74) is 7.20. The molecule has 2 N–H and O–H groups in total. The van der Waals surface area contributed by atoms with Crippen LogP contribution in [0.2, 0.25) is 0 Å². The summed E-state index contributed by atoms with van der Waals surface area (Å²) >= 11 is 0. The summed E-state index contributed by atoms with van der Waals surface area (Å²) < 4.78 is 7.30. The smallest absolute Gasteiger partial charge is 0.138 e. The topological polar surface area (TPSA) is 57.0 Å². The number of hydrogen-bond donors (Lipinski definition) is 1. The minimum absolute atomic E-state index is 0.366. The second kappa shape index (κ2) is 4.50. The van der Waals surface area contributed by atoms with Crippen molar-refractivity contribution >= 4 is 0 Å². The van der Waals surface area contributed by atoms with E-state index in [-0.39, 0.29) is 6.04 Å². The third-order valence-electron chi connectivity index (χ3n) is 2.83. The summed E-state index contributed by atoms with van der Waals surface area (Å²) in [5.74, 6) is 1.47. The minimum Gasteiger partial charge on any atom is -0.467 e. The average Bonchev–Trinajstić information content (AvgIpc) is 3.10. The maximum absolute atomic E-state index is 6.17. The summed E-state index contributed by atoms with van der Waals surface area (Å²) in [7, 11) is 0. The van der Waals surface area contributed by atoms with Gasteiger partial charge in [0.1, 0.15) is 17.6 Å². The van der Waals surface area contributed by atoms with E-state index < -0.39 is 0 Å². The molecule has 90 valence electrons. The maximum atomic E-state index is 6.17. The number of hydrogen-bond acceptors (Lipinski definition) is 3. The maximum Gasteiger partial charge on any atom is 0.138 e. The van der Waals surface area contributed by atoms with Crippen LogP contribution in [0.5, 0.6) is 0 Å². The molecule has 0 spiro atoms. The number of benzene rings is 1. The first-order valence-corrected chi connectivity index (χ1v) is 5.74. The molecule has 0 amide bonds. The molecule has 3 aromatic rings. The highest BCUT2D eigenvalue weighted by Gasteiger charge is 2.17. The van der Waals surface area contributed by atoms with Crippen LogP contribution in [-0.4, -0.2) is 9.55 Å². The first-order valence-electron chi connectivity index (χ1n) is 5.74. The first kappa shape index (κ1) is 10.8. The summed E-state index contributed by atoms with van der Waals surface area (Å²) in [4.78, 5) is 4.33. The first-order chi connectivity index (χ1) is 8.86. The lowest BCUT2D eigenvalue weighted by molar-refractivity contribution is 0.480. The molecule has 2 heterocycles. The zero-order valence-electron chi connectivity index (χ0n) is 9.73. The molecule has 2 aromatic heterocycles. The summed E-state index contributed by atoms with van der Waals surface area (Å²) in [6.07, 6.45) is 5.25. The van der Waals surface area contributed by atoms with Gasteiger partial charge in [0.2, 0.25) is 0 Å². The largest absolute Gasteiger partial charge is 0.467 e. The molecule has 1 aromatic carbocycles. The van der Waals surface area contributed by atoms with E-state index >= 15 is 0 Å². The third kappa shape index (κ3) is 1.83. The summed E-state index contributed by atoms with van der Waals surface area (Å²) in [6.45, 7) is 0. The van der Waals surface area contributed by atoms with Crippen molar-refractivity contribution in [1.29, 1.82) is 0 Å². The molecule has 4 nitrogen and oxygen atoms in total. The lowest BCUT2D eigenvalue weighted by Crippen LogP contribution is -2.16. The molecule has 4 heteroatoms. The highest BCUT2D eigenvalue weighted by molar-refractivity contribution is 5.34. The van der Waals surface area contributed by atoms with Gasteiger partial charge in [0.25, 0.3) is 0 Å². The molecular formula is C14H13N3O. The van der Waals surface area contributed by atoms with Gasteiger partial charge in [-0.1, -0.05) is 18.2 Å². The lowest BCUT2D eigenvalue weighted by Gasteiger charge is -2.12. The molecular weight excluding hydrogens is 226 g/mol. The van der Waals surface area contributed by atoms with Crippen LogP contribution in [0.4, 0.5) is 0 Å². The van der Waals surface area contributed by atoms with Crippen LogP contribution < -0.4 is 5.73 Å². The molecule has 0 radical (unpaired) electrons. The Kier molecular flexibility index (Phi) is 2.70. The van der Waals surface area contributed by atoms with Gasteiger partial charge in [-0.15, -0.1) is 0 Å². The second-order valence-corrected chi connectivity index (χ2v) is 3.98. The van der Waals surface area contributed by atoms with Gasteiger partial charge >= 0.3 is 0 Å². The molecule has 0 bridgehead atoms. The summed E-state index contributed by atoms with van der Waals surface area (Å²) in [6, 6.07) is 13.3. The molecule has 0 aliphatic rings. The summed E-state index contributed by atoms with van der Waals surface area (Å²) in [5, 5.41) is 0. The third-order valence-corrected chi connectivity index (χ3v) is 2.83. The van der Waals surface area contributed by atoms with Crippen LogP contribution >= 0.6 is 0 Å². The Hall–Kier alpha value is -2.33. The van der Waals surface area contributed by atoms with Crippen LogP contribution in [0.1, 0.15) is 17.6 Å². The molecule has 1 unspecified atom stereocenters. The van der Waals surface area contributed by atoms with Gasteiger partial charge in [-0.3, -0.25) is 0 Å². The minimum atomic E-state index is -0.366. The van der Waals surface area contributed by atoms with E-state index in [1.165, 1.54) is 0 Å². The number of furan rings is 1. The Morgan fingerprint density at radius 2 is 1.94 bits per heavy atom. The van der Waals surface area contributed by atoms with Crippen molar-refractivity contribution in [2.75, 3.05) is 0 Å². The van der Waals surface area contributed by atoms with Crippen LogP contribution in [0, 0.1) is 0 Å². The van der Waals surface area contributed by atoms with E-state index in [0.717, 1.165) is 11.5 Å². The standard InChI is InChI=1S/C14H13N3O/c15-13(12-7-4-10-18-12)14-16-8-9-17(14)11-5-2-1-3-6-11/h1-10,13H,15H2. The Morgan fingerprint density at radius 3 is 2.67 bits per heavy atom. The zero-order valence-corrected chi connectivity index (χ0v) is 9.73. The van der Waals surface area contributed by atoms with E-state index in [2.05, 4.69) is 4.98 Å². The van der Waals surface area contributed by atoms with Crippen molar-refractivity contribution in [1.82, 2.24) is 9.55 Å². The van der Waals surface area contributed by atoms with E-state index in [1.807, 2.05) is 53.2 Å². The number of nitrogens with zero attached hydrogens (tertiary/aromatic N) is 2. The van der Waals surface area contributed by atoms with Gasteiger partial charge in [0, 0.05) is 18.1 Å². The molecule has 3 rings (SSSR count). The fraction of sp³-hybridized carbons (Fsp3) is 0.0714. The highest BCUT2D eigenvalue weighted by Crippen LogP contribution is 2.21. The normalized spacial score (nSPS) is 12.5. The van der Waals surface area contributed by atoms with Crippen molar-refractivity contribution in [3.63, 3.8) is 0 Å². The van der Waals surface area contributed by atoms with E-state index in [9.17, 15) is 0 Å². The van der Waals surface area contributed by atoms with Crippen molar-refractivity contribution in [3.8, 4) is 5.69 Å². The van der Waals surface area contributed by atoms with E-state index in [1.54, 1.807) is 12.5 Å². The molecule has 18 heavy (non-hydrogen) atoms. The SMILES string of the molecule is NC(c1ccco1)c1nccn1-c1ccccc1. The highest BCUT2D eigenvalue weighted by atomic mass is 16.3. The van der Waals surface area contributed by atoms with Gasteiger partial charge in [-0.05, 0) is 24.3 Å². The number of nitrogens with two attached hydrogens (primary N) is 1. The fourth-order valence-corrected chi connectivity index (χ4v) is 1.95. The molecule has 0 aliphatic carbocycles. The van der Waals surface area contributed by atoms with Gasteiger partial charge in [0.15, 0.2) is 0 Å². The molecule has 0 saturated heterocycles.